The van der Waals surface area contributed by atoms with Crippen molar-refractivity contribution in [2.45, 2.75) is 37.8 Å². The number of aromatic nitrogens is 3. The van der Waals surface area contributed by atoms with Crippen molar-refractivity contribution in [3.05, 3.63) is 41.3 Å². The average Bonchev–Trinajstić information content (AvgIpc) is 2.65. The van der Waals surface area contributed by atoms with Crippen molar-refractivity contribution in [1.82, 2.24) is 20.3 Å². The molecule has 1 amide bonds. The van der Waals surface area contributed by atoms with Crippen LogP contribution in [0.1, 0.15) is 36.0 Å². The van der Waals surface area contributed by atoms with Gasteiger partial charge in [0.15, 0.2) is 0 Å². The Morgan fingerprint density at radius 2 is 1.84 bits per heavy atom. The highest BCUT2D eigenvalue weighted by atomic mass is 35.5. The van der Waals surface area contributed by atoms with Crippen LogP contribution in [0.5, 0.6) is 11.9 Å². The summed E-state index contributed by atoms with van der Waals surface area (Å²) in [6.45, 7) is 0. The SMILES string of the molecule is COc1ccc(C(=O)NC2CCC(Oc3ncc(Cl)cn3)CC2)cn1. The lowest BCUT2D eigenvalue weighted by Gasteiger charge is -2.28. The second-order valence-electron chi connectivity index (χ2n) is 5.84. The second-order valence-corrected chi connectivity index (χ2v) is 6.27. The number of amides is 1. The molecule has 8 heteroatoms. The van der Waals surface area contributed by atoms with E-state index < -0.39 is 0 Å². The van der Waals surface area contributed by atoms with E-state index in [2.05, 4.69) is 20.3 Å². The molecule has 1 aliphatic rings. The van der Waals surface area contributed by atoms with Gasteiger partial charge in [0, 0.05) is 18.3 Å². The van der Waals surface area contributed by atoms with E-state index in [-0.39, 0.29) is 18.1 Å². The van der Waals surface area contributed by atoms with Crippen molar-refractivity contribution in [3.63, 3.8) is 0 Å². The second kappa shape index (κ2) is 8.11. The molecule has 2 aromatic heterocycles. The van der Waals surface area contributed by atoms with Crippen molar-refractivity contribution in [3.8, 4) is 11.9 Å². The first kappa shape index (κ1) is 17.4. The van der Waals surface area contributed by atoms with Gasteiger partial charge in [0.25, 0.3) is 5.91 Å². The minimum absolute atomic E-state index is 0.0528. The number of carbonyl (C=O) groups excluding carboxylic acids is 1. The lowest BCUT2D eigenvalue weighted by Crippen LogP contribution is -2.39. The molecule has 1 fully saturated rings. The summed E-state index contributed by atoms with van der Waals surface area (Å²) in [6.07, 6.45) is 7.94. The van der Waals surface area contributed by atoms with Crippen LogP contribution in [0, 0.1) is 0 Å². The number of nitrogens with zero attached hydrogens (tertiary/aromatic N) is 3. The van der Waals surface area contributed by atoms with Gasteiger partial charge >= 0.3 is 6.01 Å². The molecule has 1 saturated carbocycles. The molecule has 0 aromatic carbocycles. The van der Waals surface area contributed by atoms with Gasteiger partial charge in [0.05, 0.1) is 30.1 Å². The Kier molecular flexibility index (Phi) is 5.65. The van der Waals surface area contributed by atoms with Gasteiger partial charge in [0.2, 0.25) is 5.88 Å². The van der Waals surface area contributed by atoms with E-state index in [1.807, 2.05) is 0 Å². The van der Waals surface area contributed by atoms with Crippen LogP contribution in [-0.2, 0) is 0 Å². The van der Waals surface area contributed by atoms with Gasteiger partial charge in [-0.05, 0) is 31.7 Å². The summed E-state index contributed by atoms with van der Waals surface area (Å²) in [5.41, 5.74) is 0.522. The lowest BCUT2D eigenvalue weighted by molar-refractivity contribution is 0.0884. The van der Waals surface area contributed by atoms with Gasteiger partial charge in [-0.25, -0.2) is 15.0 Å². The maximum atomic E-state index is 12.3. The van der Waals surface area contributed by atoms with Crippen molar-refractivity contribution in [1.29, 1.82) is 0 Å². The Hall–Kier alpha value is -2.41. The first-order valence-corrected chi connectivity index (χ1v) is 8.47. The Bertz CT molecular complexity index is 701. The van der Waals surface area contributed by atoms with E-state index in [0.29, 0.717) is 22.5 Å². The van der Waals surface area contributed by atoms with Crippen LogP contribution in [0.25, 0.3) is 0 Å². The molecule has 0 saturated heterocycles. The molecule has 0 radical (unpaired) electrons. The third-order valence-corrected chi connectivity index (χ3v) is 4.28. The average molecular weight is 363 g/mol. The zero-order valence-electron chi connectivity index (χ0n) is 13.8. The predicted molar refractivity (Wildman–Crippen MR) is 92.0 cm³/mol. The van der Waals surface area contributed by atoms with E-state index in [0.717, 1.165) is 25.7 Å². The lowest BCUT2D eigenvalue weighted by atomic mass is 9.93. The molecule has 2 heterocycles. The molecule has 3 rings (SSSR count). The topological polar surface area (TPSA) is 86.2 Å². The van der Waals surface area contributed by atoms with Crippen LogP contribution < -0.4 is 14.8 Å². The number of pyridine rings is 1. The maximum Gasteiger partial charge on any atom is 0.316 e. The maximum absolute atomic E-state index is 12.3. The predicted octanol–water partition coefficient (Wildman–Crippen LogP) is 2.65. The minimum atomic E-state index is -0.124. The third kappa shape index (κ3) is 4.79. The summed E-state index contributed by atoms with van der Waals surface area (Å²) in [4.78, 5) is 24.4. The van der Waals surface area contributed by atoms with Crippen molar-refractivity contribution < 1.29 is 14.3 Å². The van der Waals surface area contributed by atoms with Crippen LogP contribution in [-0.4, -0.2) is 40.1 Å². The van der Waals surface area contributed by atoms with E-state index in [1.54, 1.807) is 12.1 Å². The smallest absolute Gasteiger partial charge is 0.316 e. The summed E-state index contributed by atoms with van der Waals surface area (Å²) in [5, 5.41) is 3.52. The highest BCUT2D eigenvalue weighted by Crippen LogP contribution is 2.22. The van der Waals surface area contributed by atoms with Crippen LogP contribution in [0.4, 0.5) is 0 Å². The molecular formula is C17H19ClN4O3. The molecular weight excluding hydrogens is 344 g/mol. The van der Waals surface area contributed by atoms with Gasteiger partial charge in [0.1, 0.15) is 6.10 Å². The zero-order valence-corrected chi connectivity index (χ0v) is 14.6. The number of halogens is 1. The third-order valence-electron chi connectivity index (χ3n) is 4.09. The Morgan fingerprint density at radius 1 is 1.12 bits per heavy atom. The fraction of sp³-hybridized carbons (Fsp3) is 0.412. The minimum Gasteiger partial charge on any atom is -0.481 e. The summed E-state index contributed by atoms with van der Waals surface area (Å²) in [5.74, 6) is 0.360. The van der Waals surface area contributed by atoms with E-state index in [4.69, 9.17) is 21.1 Å². The van der Waals surface area contributed by atoms with Crippen molar-refractivity contribution in [2.24, 2.45) is 0 Å². The fourth-order valence-electron chi connectivity index (χ4n) is 2.74. The number of hydrogen-bond acceptors (Lipinski definition) is 6. The van der Waals surface area contributed by atoms with Crippen molar-refractivity contribution in [2.75, 3.05) is 7.11 Å². The van der Waals surface area contributed by atoms with Crippen LogP contribution in [0.2, 0.25) is 5.02 Å². The van der Waals surface area contributed by atoms with Gasteiger partial charge in [-0.2, -0.15) is 0 Å². The highest BCUT2D eigenvalue weighted by Gasteiger charge is 2.24. The molecule has 7 nitrogen and oxygen atoms in total. The molecule has 0 spiro atoms. The van der Waals surface area contributed by atoms with E-state index in [1.165, 1.54) is 25.7 Å². The Labute approximate surface area is 150 Å². The molecule has 2 aromatic rings. The first-order valence-electron chi connectivity index (χ1n) is 8.09. The van der Waals surface area contributed by atoms with Gasteiger partial charge in [-0.1, -0.05) is 11.6 Å². The molecule has 0 atom stereocenters. The molecule has 132 valence electrons. The number of hydrogen-bond donors (Lipinski definition) is 1. The normalized spacial score (nSPS) is 19.9. The summed E-state index contributed by atoms with van der Waals surface area (Å²) < 4.78 is 10.7. The van der Waals surface area contributed by atoms with Gasteiger partial charge in [-0.15, -0.1) is 0 Å². The van der Waals surface area contributed by atoms with E-state index >= 15 is 0 Å². The number of rotatable bonds is 5. The molecule has 25 heavy (non-hydrogen) atoms. The standard InChI is InChI=1S/C17H19ClN4O3/c1-24-15-7-2-11(8-19-15)16(23)22-13-3-5-14(6-4-13)25-17-20-9-12(18)10-21-17/h2,7-10,13-14H,3-6H2,1H3,(H,22,23). The number of carbonyl (C=O) groups is 1. The Balaban J connectivity index is 1.46. The molecule has 0 bridgehead atoms. The first-order chi connectivity index (χ1) is 12.1. The van der Waals surface area contributed by atoms with Gasteiger partial charge in [-0.3, -0.25) is 4.79 Å². The van der Waals surface area contributed by atoms with E-state index in [9.17, 15) is 4.79 Å². The molecule has 1 N–H and O–H groups in total. The number of methoxy groups -OCH3 is 1. The molecule has 0 aliphatic heterocycles. The van der Waals surface area contributed by atoms with Crippen LogP contribution in [0.3, 0.4) is 0 Å². The van der Waals surface area contributed by atoms with Crippen LogP contribution >= 0.6 is 11.6 Å². The van der Waals surface area contributed by atoms with Gasteiger partial charge < -0.3 is 14.8 Å². The Morgan fingerprint density at radius 3 is 2.44 bits per heavy atom. The molecule has 1 aliphatic carbocycles. The summed E-state index contributed by atoms with van der Waals surface area (Å²) >= 11 is 5.76. The van der Waals surface area contributed by atoms with Crippen molar-refractivity contribution >= 4 is 17.5 Å². The zero-order chi connectivity index (χ0) is 17.6. The fourth-order valence-corrected chi connectivity index (χ4v) is 2.84. The number of ether oxygens (including phenoxy) is 2. The monoisotopic (exact) mass is 362 g/mol. The highest BCUT2D eigenvalue weighted by molar-refractivity contribution is 6.30. The van der Waals surface area contributed by atoms with Crippen LogP contribution in [0.15, 0.2) is 30.7 Å². The molecule has 0 unspecified atom stereocenters. The number of nitrogens with one attached hydrogen (secondary N) is 1. The summed E-state index contributed by atoms with van der Waals surface area (Å²) in [6, 6.07) is 3.83. The largest absolute Gasteiger partial charge is 0.481 e. The summed E-state index contributed by atoms with van der Waals surface area (Å²) in [7, 11) is 1.54. The quantitative estimate of drug-likeness (QED) is 0.880.